The van der Waals surface area contributed by atoms with Crippen molar-refractivity contribution in [1.29, 1.82) is 0 Å². The first-order valence-electron chi connectivity index (χ1n) is 6.21. The van der Waals surface area contributed by atoms with Gasteiger partial charge in [-0.2, -0.15) is 0 Å². The summed E-state index contributed by atoms with van der Waals surface area (Å²) in [7, 11) is 0. The van der Waals surface area contributed by atoms with Crippen molar-refractivity contribution in [2.45, 2.75) is 39.3 Å². The van der Waals surface area contributed by atoms with Crippen LogP contribution in [0, 0.1) is 5.82 Å². The average molecular weight is 250 g/mol. The summed E-state index contributed by atoms with van der Waals surface area (Å²) in [4.78, 5) is 1.99. The number of rotatable bonds is 4. The van der Waals surface area contributed by atoms with Gasteiger partial charge in [0.1, 0.15) is 5.82 Å². The largest absolute Gasteiger partial charge is 0.360 e. The van der Waals surface area contributed by atoms with Crippen molar-refractivity contribution >= 4 is 5.69 Å². The molecule has 0 aliphatic rings. The van der Waals surface area contributed by atoms with Gasteiger partial charge in [0, 0.05) is 18.1 Å². The SMILES string of the molecule is C=CCN(c1c(F)cccc1C(C)N)C(C)(C)C. The van der Waals surface area contributed by atoms with Crippen LogP contribution in [0.4, 0.5) is 10.1 Å². The van der Waals surface area contributed by atoms with Crippen molar-refractivity contribution in [1.82, 2.24) is 0 Å². The van der Waals surface area contributed by atoms with E-state index in [0.29, 0.717) is 12.2 Å². The lowest BCUT2D eigenvalue weighted by molar-refractivity contribution is 0.503. The van der Waals surface area contributed by atoms with Crippen LogP contribution in [0.3, 0.4) is 0 Å². The van der Waals surface area contributed by atoms with Crippen LogP contribution in [0.25, 0.3) is 0 Å². The predicted octanol–water partition coefficient (Wildman–Crippen LogP) is 3.64. The average Bonchev–Trinajstić information content (AvgIpc) is 2.24. The van der Waals surface area contributed by atoms with Crippen molar-refractivity contribution in [3.63, 3.8) is 0 Å². The highest BCUT2D eigenvalue weighted by Crippen LogP contribution is 2.32. The predicted molar refractivity (Wildman–Crippen MR) is 76.3 cm³/mol. The van der Waals surface area contributed by atoms with Gasteiger partial charge in [0.25, 0.3) is 0 Å². The van der Waals surface area contributed by atoms with Gasteiger partial charge in [-0.3, -0.25) is 0 Å². The highest BCUT2D eigenvalue weighted by molar-refractivity contribution is 5.58. The molecule has 3 heteroatoms. The Morgan fingerprint density at radius 3 is 2.50 bits per heavy atom. The van der Waals surface area contributed by atoms with E-state index >= 15 is 0 Å². The molecular formula is C15H23FN2. The van der Waals surface area contributed by atoms with Crippen LogP contribution < -0.4 is 10.6 Å². The Morgan fingerprint density at radius 1 is 1.44 bits per heavy atom. The quantitative estimate of drug-likeness (QED) is 0.827. The maximum Gasteiger partial charge on any atom is 0.146 e. The van der Waals surface area contributed by atoms with E-state index in [2.05, 4.69) is 6.58 Å². The molecule has 100 valence electrons. The number of nitrogens with two attached hydrogens (primary N) is 1. The molecule has 0 aliphatic heterocycles. The highest BCUT2D eigenvalue weighted by Gasteiger charge is 2.26. The Kier molecular flexibility index (Phi) is 4.52. The molecule has 1 unspecified atom stereocenters. The van der Waals surface area contributed by atoms with Crippen molar-refractivity contribution < 1.29 is 4.39 Å². The van der Waals surface area contributed by atoms with E-state index in [1.54, 1.807) is 12.1 Å². The summed E-state index contributed by atoms with van der Waals surface area (Å²) in [6, 6.07) is 4.85. The van der Waals surface area contributed by atoms with Gasteiger partial charge in [0.05, 0.1) is 5.69 Å². The third kappa shape index (κ3) is 3.10. The van der Waals surface area contributed by atoms with Crippen molar-refractivity contribution in [2.75, 3.05) is 11.4 Å². The minimum Gasteiger partial charge on any atom is -0.360 e. The van der Waals surface area contributed by atoms with Crippen LogP contribution in [0.1, 0.15) is 39.3 Å². The van der Waals surface area contributed by atoms with E-state index in [-0.39, 0.29) is 17.4 Å². The normalized spacial score (nSPS) is 13.2. The first kappa shape index (κ1) is 14.7. The molecule has 0 saturated heterocycles. The molecule has 1 aromatic carbocycles. The van der Waals surface area contributed by atoms with E-state index in [1.807, 2.05) is 38.7 Å². The van der Waals surface area contributed by atoms with Gasteiger partial charge in [-0.1, -0.05) is 18.2 Å². The van der Waals surface area contributed by atoms with E-state index in [9.17, 15) is 4.39 Å². The zero-order valence-corrected chi connectivity index (χ0v) is 11.7. The maximum absolute atomic E-state index is 14.2. The monoisotopic (exact) mass is 250 g/mol. The molecule has 18 heavy (non-hydrogen) atoms. The lowest BCUT2D eigenvalue weighted by Gasteiger charge is -2.39. The Morgan fingerprint density at radius 2 is 2.06 bits per heavy atom. The molecule has 2 N–H and O–H groups in total. The number of nitrogens with zero attached hydrogens (tertiary/aromatic N) is 1. The van der Waals surface area contributed by atoms with E-state index in [4.69, 9.17) is 5.73 Å². The molecular weight excluding hydrogens is 227 g/mol. The second-order valence-electron chi connectivity index (χ2n) is 5.54. The Labute approximate surface area is 109 Å². The number of hydrogen-bond donors (Lipinski definition) is 1. The zero-order valence-electron chi connectivity index (χ0n) is 11.7. The van der Waals surface area contributed by atoms with Crippen LogP contribution in [0.15, 0.2) is 30.9 Å². The van der Waals surface area contributed by atoms with Gasteiger partial charge in [0.15, 0.2) is 0 Å². The molecule has 0 aromatic heterocycles. The van der Waals surface area contributed by atoms with Crippen LogP contribution >= 0.6 is 0 Å². The topological polar surface area (TPSA) is 29.3 Å². The second-order valence-corrected chi connectivity index (χ2v) is 5.54. The molecule has 1 aromatic rings. The number of benzene rings is 1. The number of halogens is 1. The molecule has 0 radical (unpaired) electrons. The lowest BCUT2D eigenvalue weighted by Crippen LogP contribution is -2.43. The fraction of sp³-hybridized carbons (Fsp3) is 0.467. The summed E-state index contributed by atoms with van der Waals surface area (Å²) in [6.45, 7) is 12.4. The van der Waals surface area contributed by atoms with Crippen molar-refractivity contribution in [3.05, 3.63) is 42.2 Å². The minimum absolute atomic E-state index is 0.194. The van der Waals surface area contributed by atoms with Crippen molar-refractivity contribution in [2.24, 2.45) is 5.73 Å². The van der Waals surface area contributed by atoms with Gasteiger partial charge in [-0.15, -0.1) is 6.58 Å². The maximum atomic E-state index is 14.2. The summed E-state index contributed by atoms with van der Waals surface area (Å²) >= 11 is 0. The minimum atomic E-state index is -0.235. The Bertz CT molecular complexity index is 419. The Hall–Kier alpha value is -1.35. The lowest BCUT2D eigenvalue weighted by atomic mass is 9.99. The molecule has 0 heterocycles. The van der Waals surface area contributed by atoms with Gasteiger partial charge >= 0.3 is 0 Å². The summed E-state index contributed by atoms with van der Waals surface area (Å²) in [6.07, 6.45) is 1.78. The molecule has 0 saturated carbocycles. The van der Waals surface area contributed by atoms with Crippen molar-refractivity contribution in [3.8, 4) is 0 Å². The first-order valence-corrected chi connectivity index (χ1v) is 6.21. The fourth-order valence-electron chi connectivity index (χ4n) is 2.01. The van der Waals surface area contributed by atoms with Crippen LogP contribution in [0.2, 0.25) is 0 Å². The third-order valence-corrected chi connectivity index (χ3v) is 2.90. The van der Waals surface area contributed by atoms with E-state index in [0.717, 1.165) is 5.56 Å². The standard InChI is InChI=1S/C15H23FN2/c1-6-10-18(15(3,4)5)14-12(11(2)17)8-7-9-13(14)16/h6-9,11H,1,10,17H2,2-5H3. The molecule has 0 amide bonds. The van der Waals surface area contributed by atoms with Gasteiger partial charge in [-0.25, -0.2) is 4.39 Å². The third-order valence-electron chi connectivity index (χ3n) is 2.90. The molecule has 0 fully saturated rings. The summed E-state index contributed by atoms with van der Waals surface area (Å²) in [5, 5.41) is 0. The van der Waals surface area contributed by atoms with Crippen LogP contribution in [-0.4, -0.2) is 12.1 Å². The zero-order chi connectivity index (χ0) is 13.9. The highest BCUT2D eigenvalue weighted by atomic mass is 19.1. The molecule has 2 nitrogen and oxygen atoms in total. The first-order chi connectivity index (χ1) is 8.29. The summed E-state index contributed by atoms with van der Waals surface area (Å²) < 4.78 is 14.2. The van der Waals surface area contributed by atoms with Crippen LogP contribution in [-0.2, 0) is 0 Å². The number of para-hydroxylation sites is 1. The smallest absolute Gasteiger partial charge is 0.146 e. The van der Waals surface area contributed by atoms with Gasteiger partial charge < -0.3 is 10.6 Å². The molecule has 1 rings (SSSR count). The number of hydrogen-bond acceptors (Lipinski definition) is 2. The van der Waals surface area contributed by atoms with Gasteiger partial charge in [0.2, 0.25) is 0 Å². The van der Waals surface area contributed by atoms with Crippen LogP contribution in [0.5, 0.6) is 0 Å². The molecule has 0 bridgehead atoms. The summed E-state index contributed by atoms with van der Waals surface area (Å²) in [5.74, 6) is -0.235. The van der Waals surface area contributed by atoms with Gasteiger partial charge in [-0.05, 0) is 39.3 Å². The number of anilines is 1. The molecule has 1 atom stereocenters. The fourth-order valence-corrected chi connectivity index (χ4v) is 2.01. The van der Waals surface area contributed by atoms with E-state index in [1.165, 1.54) is 6.07 Å². The van der Waals surface area contributed by atoms with E-state index < -0.39 is 0 Å². The summed E-state index contributed by atoms with van der Waals surface area (Å²) in [5.41, 5.74) is 7.16. The Balaban J connectivity index is 3.39. The molecule has 0 aliphatic carbocycles. The second kappa shape index (κ2) is 5.53. The molecule has 0 spiro atoms.